The van der Waals surface area contributed by atoms with Gasteiger partial charge in [-0.2, -0.15) is 0 Å². The molecular formula is C26H26N4O3. The van der Waals surface area contributed by atoms with Gasteiger partial charge in [0.1, 0.15) is 5.57 Å². The highest BCUT2D eigenvalue weighted by molar-refractivity contribution is 6.39. The number of barbiturate groups is 1. The maximum atomic E-state index is 13.1. The van der Waals surface area contributed by atoms with E-state index in [-0.39, 0.29) is 5.57 Å². The van der Waals surface area contributed by atoms with E-state index in [2.05, 4.69) is 46.1 Å². The van der Waals surface area contributed by atoms with Gasteiger partial charge >= 0.3 is 6.03 Å². The predicted octanol–water partition coefficient (Wildman–Crippen LogP) is 4.50. The standard InChI is InChI=1S/C26H26N4O3/c1-4-5-7-19-9-11-21(12-10-19)29-17(2)14-20(18(29)3)15-23-24(31)28-26(33)30(25(23)32)22-8-6-13-27-16-22/h6,8-16H,4-5,7H2,1-3H3,(H,28,31,33)/b23-15+. The summed E-state index contributed by atoms with van der Waals surface area (Å²) in [6.45, 7) is 6.11. The molecular weight excluding hydrogens is 416 g/mol. The molecule has 1 aromatic carbocycles. The Labute approximate surface area is 192 Å². The average molecular weight is 443 g/mol. The fraction of sp³-hybridized carbons (Fsp3) is 0.231. The number of benzene rings is 1. The number of carbonyl (C=O) groups is 3. The van der Waals surface area contributed by atoms with Crippen molar-refractivity contribution in [2.45, 2.75) is 40.0 Å². The summed E-state index contributed by atoms with van der Waals surface area (Å²) in [6.07, 6.45) is 7.87. The Morgan fingerprint density at radius 1 is 1.03 bits per heavy atom. The minimum Gasteiger partial charge on any atom is -0.318 e. The van der Waals surface area contributed by atoms with Crippen LogP contribution in [0.1, 0.15) is 42.3 Å². The van der Waals surface area contributed by atoms with Crippen molar-refractivity contribution in [2.24, 2.45) is 0 Å². The van der Waals surface area contributed by atoms with Gasteiger partial charge in [-0.25, -0.2) is 9.69 Å². The quantitative estimate of drug-likeness (QED) is 0.450. The lowest BCUT2D eigenvalue weighted by atomic mass is 10.1. The van der Waals surface area contributed by atoms with E-state index < -0.39 is 17.8 Å². The zero-order chi connectivity index (χ0) is 23.5. The Morgan fingerprint density at radius 2 is 1.79 bits per heavy atom. The van der Waals surface area contributed by atoms with Crippen LogP contribution in [0.3, 0.4) is 0 Å². The number of amides is 4. The van der Waals surface area contributed by atoms with Crippen molar-refractivity contribution in [1.29, 1.82) is 0 Å². The maximum Gasteiger partial charge on any atom is 0.336 e. The van der Waals surface area contributed by atoms with Gasteiger partial charge in [0, 0.05) is 23.3 Å². The molecule has 3 aromatic rings. The summed E-state index contributed by atoms with van der Waals surface area (Å²) in [4.78, 5) is 42.8. The Kier molecular flexibility index (Phi) is 6.22. The molecule has 4 amide bonds. The van der Waals surface area contributed by atoms with Crippen LogP contribution >= 0.6 is 0 Å². The van der Waals surface area contributed by atoms with Gasteiger partial charge in [0.15, 0.2) is 0 Å². The van der Waals surface area contributed by atoms with E-state index in [1.807, 2.05) is 19.9 Å². The van der Waals surface area contributed by atoms with Crippen LogP contribution in [0, 0.1) is 13.8 Å². The van der Waals surface area contributed by atoms with Crippen molar-refractivity contribution >= 4 is 29.6 Å². The molecule has 7 heteroatoms. The number of imide groups is 2. The molecule has 1 fully saturated rings. The van der Waals surface area contributed by atoms with Crippen LogP contribution in [-0.4, -0.2) is 27.4 Å². The first kappa shape index (κ1) is 22.2. The molecule has 0 bridgehead atoms. The first-order chi connectivity index (χ1) is 15.9. The second-order valence-corrected chi connectivity index (χ2v) is 8.10. The minimum absolute atomic E-state index is 0.103. The number of aryl methyl sites for hydroxylation is 2. The number of anilines is 1. The molecule has 0 aliphatic carbocycles. The molecule has 0 unspecified atom stereocenters. The molecule has 1 aliphatic rings. The number of unbranched alkanes of at least 4 members (excludes halogenated alkanes) is 1. The third-order valence-corrected chi connectivity index (χ3v) is 5.79. The van der Waals surface area contributed by atoms with Gasteiger partial charge in [0.05, 0.1) is 11.9 Å². The zero-order valence-electron chi connectivity index (χ0n) is 19.0. The SMILES string of the molecule is CCCCc1ccc(-n2c(C)cc(/C=C3\C(=O)NC(=O)N(c4cccnc4)C3=O)c2C)cc1. The molecule has 3 heterocycles. The Balaban J connectivity index is 1.68. The van der Waals surface area contributed by atoms with E-state index in [0.29, 0.717) is 5.69 Å². The normalized spacial score (nSPS) is 15.3. The third kappa shape index (κ3) is 4.35. The second-order valence-electron chi connectivity index (χ2n) is 8.10. The average Bonchev–Trinajstić information content (AvgIpc) is 3.09. The van der Waals surface area contributed by atoms with Crippen molar-refractivity contribution in [1.82, 2.24) is 14.9 Å². The molecule has 0 saturated carbocycles. The highest BCUT2D eigenvalue weighted by Gasteiger charge is 2.37. The van der Waals surface area contributed by atoms with Crippen LogP contribution in [0.2, 0.25) is 0 Å². The lowest BCUT2D eigenvalue weighted by Crippen LogP contribution is -2.54. The summed E-state index contributed by atoms with van der Waals surface area (Å²) in [5, 5.41) is 2.25. The molecule has 1 N–H and O–H groups in total. The molecule has 0 radical (unpaired) electrons. The highest BCUT2D eigenvalue weighted by Crippen LogP contribution is 2.26. The van der Waals surface area contributed by atoms with Crippen molar-refractivity contribution in [3.8, 4) is 5.69 Å². The number of carbonyl (C=O) groups excluding carboxylic acids is 3. The number of aromatic nitrogens is 2. The molecule has 168 valence electrons. The van der Waals surface area contributed by atoms with Gasteiger partial charge in [-0.05, 0) is 74.2 Å². The van der Waals surface area contributed by atoms with E-state index in [9.17, 15) is 14.4 Å². The molecule has 1 aliphatic heterocycles. The van der Waals surface area contributed by atoms with Crippen molar-refractivity contribution in [2.75, 3.05) is 4.90 Å². The number of pyridine rings is 1. The van der Waals surface area contributed by atoms with Crippen molar-refractivity contribution < 1.29 is 14.4 Å². The number of hydrogen-bond donors (Lipinski definition) is 1. The smallest absolute Gasteiger partial charge is 0.318 e. The summed E-state index contributed by atoms with van der Waals surface area (Å²) in [6, 6.07) is 12.8. The number of urea groups is 1. The van der Waals surface area contributed by atoms with Crippen LogP contribution in [0.25, 0.3) is 11.8 Å². The molecule has 2 aromatic heterocycles. The number of rotatable bonds is 6. The largest absolute Gasteiger partial charge is 0.336 e. The molecule has 4 rings (SSSR count). The van der Waals surface area contributed by atoms with Gasteiger partial charge in [-0.3, -0.25) is 19.9 Å². The van der Waals surface area contributed by atoms with Crippen LogP contribution < -0.4 is 10.2 Å². The lowest BCUT2D eigenvalue weighted by Gasteiger charge is -2.26. The van der Waals surface area contributed by atoms with Crippen LogP contribution in [0.4, 0.5) is 10.5 Å². The van der Waals surface area contributed by atoms with Crippen LogP contribution in [0.5, 0.6) is 0 Å². The Morgan fingerprint density at radius 3 is 2.45 bits per heavy atom. The molecule has 0 atom stereocenters. The Bertz CT molecular complexity index is 1240. The molecule has 33 heavy (non-hydrogen) atoms. The van der Waals surface area contributed by atoms with Gasteiger partial charge in [0.2, 0.25) is 0 Å². The maximum absolute atomic E-state index is 13.1. The topological polar surface area (TPSA) is 84.3 Å². The third-order valence-electron chi connectivity index (χ3n) is 5.79. The number of nitrogens with zero attached hydrogens (tertiary/aromatic N) is 3. The first-order valence-electron chi connectivity index (χ1n) is 11.0. The van der Waals surface area contributed by atoms with Gasteiger partial charge in [0.25, 0.3) is 11.8 Å². The fourth-order valence-electron chi connectivity index (χ4n) is 4.06. The predicted molar refractivity (Wildman–Crippen MR) is 127 cm³/mol. The molecule has 7 nitrogen and oxygen atoms in total. The molecule has 0 spiro atoms. The summed E-state index contributed by atoms with van der Waals surface area (Å²) in [7, 11) is 0. The van der Waals surface area contributed by atoms with E-state index in [1.54, 1.807) is 24.4 Å². The van der Waals surface area contributed by atoms with Crippen LogP contribution in [0.15, 0.2) is 60.4 Å². The van der Waals surface area contributed by atoms with Crippen molar-refractivity contribution in [3.05, 3.63) is 82.9 Å². The van der Waals surface area contributed by atoms with Crippen LogP contribution in [-0.2, 0) is 16.0 Å². The number of hydrogen-bond acceptors (Lipinski definition) is 4. The van der Waals surface area contributed by atoms with E-state index in [0.717, 1.165) is 46.8 Å². The van der Waals surface area contributed by atoms with E-state index >= 15 is 0 Å². The summed E-state index contributed by atoms with van der Waals surface area (Å²) < 4.78 is 2.09. The van der Waals surface area contributed by atoms with Gasteiger partial charge in [-0.1, -0.05) is 25.5 Å². The summed E-state index contributed by atoms with van der Waals surface area (Å²) >= 11 is 0. The zero-order valence-corrected chi connectivity index (χ0v) is 19.0. The monoisotopic (exact) mass is 442 g/mol. The van der Waals surface area contributed by atoms with Gasteiger partial charge in [-0.15, -0.1) is 0 Å². The summed E-state index contributed by atoms with van der Waals surface area (Å²) in [5.41, 5.74) is 5.12. The summed E-state index contributed by atoms with van der Waals surface area (Å²) in [5.74, 6) is -1.39. The second kappa shape index (κ2) is 9.24. The minimum atomic E-state index is -0.788. The lowest BCUT2D eigenvalue weighted by molar-refractivity contribution is -0.122. The first-order valence-corrected chi connectivity index (χ1v) is 11.0. The number of nitrogens with one attached hydrogen (secondary N) is 1. The van der Waals surface area contributed by atoms with E-state index in [4.69, 9.17) is 0 Å². The molecule has 1 saturated heterocycles. The Hall–Kier alpha value is -4.00. The van der Waals surface area contributed by atoms with Crippen molar-refractivity contribution in [3.63, 3.8) is 0 Å². The van der Waals surface area contributed by atoms with E-state index in [1.165, 1.54) is 11.8 Å². The fourth-order valence-corrected chi connectivity index (χ4v) is 4.06. The van der Waals surface area contributed by atoms with Gasteiger partial charge < -0.3 is 4.57 Å². The highest BCUT2D eigenvalue weighted by atomic mass is 16.2.